The highest BCUT2D eigenvalue weighted by Gasteiger charge is 2.22. The van der Waals surface area contributed by atoms with Crippen molar-refractivity contribution in [1.29, 1.82) is 0 Å². The van der Waals surface area contributed by atoms with E-state index in [4.69, 9.17) is 0 Å². The predicted octanol–water partition coefficient (Wildman–Crippen LogP) is 4.28. The van der Waals surface area contributed by atoms with Crippen LogP contribution >= 0.6 is 15.9 Å². The Bertz CT molecular complexity index is 436. The second kappa shape index (κ2) is 5.25. The van der Waals surface area contributed by atoms with Crippen molar-refractivity contribution in [2.45, 2.75) is 33.6 Å². The van der Waals surface area contributed by atoms with Crippen LogP contribution in [0.1, 0.15) is 32.8 Å². The van der Waals surface area contributed by atoms with Gasteiger partial charge in [-0.05, 0) is 34.5 Å². The van der Waals surface area contributed by atoms with E-state index in [1.54, 1.807) is 20.8 Å². The first-order valence-corrected chi connectivity index (χ1v) is 6.18. The Hall–Kier alpha value is -0.770. The Kier molecular flexibility index (Phi) is 4.42. The highest BCUT2D eigenvalue weighted by Crippen LogP contribution is 2.24. The lowest BCUT2D eigenvalue weighted by molar-refractivity contribution is -0.126. The summed E-state index contributed by atoms with van der Waals surface area (Å²) in [5.74, 6) is -1.23. The molecule has 0 aliphatic rings. The first-order chi connectivity index (χ1) is 7.73. The van der Waals surface area contributed by atoms with Gasteiger partial charge >= 0.3 is 0 Å². The van der Waals surface area contributed by atoms with E-state index in [2.05, 4.69) is 15.9 Å². The van der Waals surface area contributed by atoms with Crippen LogP contribution in [0.2, 0.25) is 0 Å². The molecule has 0 amide bonds. The maximum absolute atomic E-state index is 13.6. The van der Waals surface area contributed by atoms with E-state index in [-0.39, 0.29) is 28.7 Å². The Morgan fingerprint density at radius 2 is 1.88 bits per heavy atom. The van der Waals surface area contributed by atoms with Gasteiger partial charge in [-0.3, -0.25) is 4.79 Å². The topological polar surface area (TPSA) is 17.1 Å². The van der Waals surface area contributed by atoms with E-state index in [1.807, 2.05) is 0 Å². The molecule has 0 saturated carbocycles. The van der Waals surface area contributed by atoms with Crippen molar-refractivity contribution >= 4 is 21.7 Å². The van der Waals surface area contributed by atoms with Gasteiger partial charge in [0.1, 0.15) is 17.4 Å². The van der Waals surface area contributed by atoms with Gasteiger partial charge in [0.05, 0.1) is 4.47 Å². The van der Waals surface area contributed by atoms with Crippen LogP contribution < -0.4 is 0 Å². The summed E-state index contributed by atoms with van der Waals surface area (Å²) in [6.45, 7) is 5.38. The highest BCUT2D eigenvalue weighted by molar-refractivity contribution is 9.10. The second-order valence-electron chi connectivity index (χ2n) is 4.99. The van der Waals surface area contributed by atoms with E-state index >= 15 is 0 Å². The van der Waals surface area contributed by atoms with Gasteiger partial charge in [0.2, 0.25) is 0 Å². The Balaban J connectivity index is 2.84. The smallest absolute Gasteiger partial charge is 0.143 e. The molecule has 0 bridgehead atoms. The van der Waals surface area contributed by atoms with Crippen LogP contribution in [0.15, 0.2) is 16.6 Å². The van der Waals surface area contributed by atoms with Crippen molar-refractivity contribution < 1.29 is 13.6 Å². The van der Waals surface area contributed by atoms with Crippen molar-refractivity contribution in [2.24, 2.45) is 5.41 Å². The zero-order valence-electron chi connectivity index (χ0n) is 10.1. The van der Waals surface area contributed by atoms with E-state index in [1.165, 1.54) is 12.1 Å². The molecule has 0 radical (unpaired) electrons. The summed E-state index contributed by atoms with van der Waals surface area (Å²) in [5.41, 5.74) is -0.504. The summed E-state index contributed by atoms with van der Waals surface area (Å²) in [6, 6.07) is 2.52. The van der Waals surface area contributed by atoms with Gasteiger partial charge in [-0.15, -0.1) is 0 Å². The summed E-state index contributed by atoms with van der Waals surface area (Å²) >= 11 is 3.00. The molecule has 0 aromatic heterocycles. The Morgan fingerprint density at radius 3 is 2.41 bits per heavy atom. The lowest BCUT2D eigenvalue weighted by Crippen LogP contribution is -2.20. The average molecular weight is 305 g/mol. The zero-order valence-corrected chi connectivity index (χ0v) is 11.7. The molecule has 1 aromatic rings. The molecule has 0 aliphatic heterocycles. The third-order valence-electron chi connectivity index (χ3n) is 2.58. The Morgan fingerprint density at radius 1 is 1.29 bits per heavy atom. The maximum atomic E-state index is 13.6. The molecule has 17 heavy (non-hydrogen) atoms. The summed E-state index contributed by atoms with van der Waals surface area (Å²) in [6.07, 6.45) is 0.237. The minimum absolute atomic E-state index is 0.00345. The molecular formula is C13H15BrF2O. The lowest BCUT2D eigenvalue weighted by Gasteiger charge is -2.16. The molecule has 1 rings (SSSR count). The molecule has 0 unspecified atom stereocenters. The van der Waals surface area contributed by atoms with Crippen LogP contribution in [0.25, 0.3) is 0 Å². The van der Waals surface area contributed by atoms with Crippen molar-refractivity contribution in [3.8, 4) is 0 Å². The van der Waals surface area contributed by atoms with Gasteiger partial charge in [-0.25, -0.2) is 8.78 Å². The van der Waals surface area contributed by atoms with Crippen LogP contribution in [0.3, 0.4) is 0 Å². The molecule has 1 nitrogen and oxygen atoms in total. The number of ketones is 1. The van der Waals surface area contributed by atoms with Gasteiger partial charge in [-0.2, -0.15) is 0 Å². The van der Waals surface area contributed by atoms with Crippen molar-refractivity contribution in [3.05, 3.63) is 33.8 Å². The molecule has 0 spiro atoms. The number of halogens is 3. The van der Waals surface area contributed by atoms with Crippen molar-refractivity contribution in [3.63, 3.8) is 0 Å². The predicted molar refractivity (Wildman–Crippen MR) is 66.8 cm³/mol. The summed E-state index contributed by atoms with van der Waals surface area (Å²) < 4.78 is 27.2. The molecule has 1 aromatic carbocycles. The molecule has 0 N–H and O–H groups in total. The number of Topliss-reactive ketones (excluding diaryl/α,β-unsaturated/α-hetero) is 1. The van der Waals surface area contributed by atoms with Crippen molar-refractivity contribution in [2.75, 3.05) is 0 Å². The first kappa shape index (κ1) is 14.3. The van der Waals surface area contributed by atoms with Crippen LogP contribution in [-0.4, -0.2) is 5.78 Å². The minimum atomic E-state index is -0.619. The molecule has 4 heteroatoms. The van der Waals surface area contributed by atoms with Crippen molar-refractivity contribution in [1.82, 2.24) is 0 Å². The standard InChI is InChI=1S/C13H15BrF2O/c1-13(2,3)11(17)7-4-8-10(15)6-5-9(14)12(8)16/h5-6H,4,7H2,1-3H3. The average Bonchev–Trinajstić information content (AvgIpc) is 2.22. The number of hydrogen-bond donors (Lipinski definition) is 0. The normalized spacial score (nSPS) is 11.6. The summed E-state index contributed by atoms with van der Waals surface area (Å²) in [5, 5.41) is 0. The van der Waals surface area contributed by atoms with Gasteiger partial charge in [-0.1, -0.05) is 20.8 Å². The molecule has 0 fully saturated rings. The van der Waals surface area contributed by atoms with Gasteiger partial charge in [0, 0.05) is 17.4 Å². The monoisotopic (exact) mass is 304 g/mol. The molecule has 0 atom stereocenters. The van der Waals surface area contributed by atoms with Crippen LogP contribution in [0.4, 0.5) is 8.78 Å². The van der Waals surface area contributed by atoms with Gasteiger partial charge in [0.25, 0.3) is 0 Å². The van der Waals surface area contributed by atoms with Gasteiger partial charge in [0.15, 0.2) is 0 Å². The maximum Gasteiger partial charge on any atom is 0.143 e. The molecular weight excluding hydrogens is 290 g/mol. The van der Waals surface area contributed by atoms with E-state index in [9.17, 15) is 13.6 Å². The minimum Gasteiger partial charge on any atom is -0.299 e. The summed E-state index contributed by atoms with van der Waals surface area (Å²) in [7, 11) is 0. The van der Waals surface area contributed by atoms with Crippen LogP contribution in [-0.2, 0) is 11.2 Å². The van der Waals surface area contributed by atoms with E-state index < -0.39 is 17.0 Å². The van der Waals surface area contributed by atoms with Crippen LogP contribution in [0, 0.1) is 17.0 Å². The fourth-order valence-electron chi connectivity index (χ4n) is 1.41. The van der Waals surface area contributed by atoms with Crippen LogP contribution in [0.5, 0.6) is 0 Å². The molecule has 0 heterocycles. The molecule has 0 saturated heterocycles. The number of benzene rings is 1. The quantitative estimate of drug-likeness (QED) is 0.762. The fourth-order valence-corrected chi connectivity index (χ4v) is 1.78. The number of hydrogen-bond acceptors (Lipinski definition) is 1. The van der Waals surface area contributed by atoms with E-state index in [0.717, 1.165) is 0 Å². The number of carbonyl (C=O) groups is 1. The lowest BCUT2D eigenvalue weighted by atomic mass is 9.87. The summed E-state index contributed by atoms with van der Waals surface area (Å²) in [4.78, 5) is 11.7. The third kappa shape index (κ3) is 3.60. The second-order valence-corrected chi connectivity index (χ2v) is 5.85. The fraction of sp³-hybridized carbons (Fsp3) is 0.462. The highest BCUT2D eigenvalue weighted by atomic mass is 79.9. The SMILES string of the molecule is CC(C)(C)C(=O)CCc1c(F)ccc(Br)c1F. The third-order valence-corrected chi connectivity index (χ3v) is 3.19. The largest absolute Gasteiger partial charge is 0.299 e. The number of carbonyl (C=O) groups excluding carboxylic acids is 1. The first-order valence-electron chi connectivity index (χ1n) is 5.39. The van der Waals surface area contributed by atoms with E-state index in [0.29, 0.717) is 0 Å². The zero-order chi connectivity index (χ0) is 13.2. The Labute approximate surface area is 108 Å². The molecule has 0 aliphatic carbocycles. The molecule has 94 valence electrons. The van der Waals surface area contributed by atoms with Gasteiger partial charge < -0.3 is 0 Å². The number of rotatable bonds is 3.